The second-order valence-corrected chi connectivity index (χ2v) is 8.33. The van der Waals surface area contributed by atoms with Gasteiger partial charge in [-0.3, -0.25) is 9.58 Å². The fourth-order valence-corrected chi connectivity index (χ4v) is 2.77. The summed E-state index contributed by atoms with van der Waals surface area (Å²) in [5, 5.41) is 4.57. The Balaban J connectivity index is 2.55. The molecule has 120 valence electrons. The molecule has 5 heteroatoms. The largest absolute Gasteiger partial charge is 0.298 e. The molecule has 1 aromatic heterocycles. The van der Waals surface area contributed by atoms with Crippen LogP contribution in [-0.2, 0) is 10.8 Å². The monoisotopic (exact) mass is 299 g/mol. The number of nitrogens with zero attached hydrogens (tertiary/aromatic N) is 3. The van der Waals surface area contributed by atoms with Gasteiger partial charge in [0, 0.05) is 23.1 Å². The second-order valence-electron chi connectivity index (χ2n) is 8.33. The lowest BCUT2D eigenvalue weighted by Gasteiger charge is -2.26. The van der Waals surface area contributed by atoms with Crippen molar-refractivity contribution in [2.75, 3.05) is 20.1 Å². The first kappa shape index (κ1) is 16.4. The Hall–Kier alpha value is -0.970. The summed E-state index contributed by atoms with van der Waals surface area (Å²) in [6.45, 7) is 12.5. The van der Waals surface area contributed by atoms with E-state index in [9.17, 15) is 8.78 Å². The van der Waals surface area contributed by atoms with Crippen LogP contribution in [0.1, 0.15) is 59.0 Å². The molecule has 3 nitrogen and oxygen atoms in total. The summed E-state index contributed by atoms with van der Waals surface area (Å²) in [5.74, 6) is -2.74. The fraction of sp³-hybridized carbons (Fsp3) is 0.812. The van der Waals surface area contributed by atoms with Crippen molar-refractivity contribution >= 4 is 0 Å². The molecule has 0 radical (unpaired) electrons. The van der Waals surface area contributed by atoms with Gasteiger partial charge in [0.1, 0.15) is 6.04 Å². The molecule has 1 saturated heterocycles. The minimum atomic E-state index is -2.74. The summed E-state index contributed by atoms with van der Waals surface area (Å²) < 4.78 is 30.2. The van der Waals surface area contributed by atoms with Gasteiger partial charge in [-0.25, -0.2) is 8.78 Å². The third-order valence-corrected chi connectivity index (χ3v) is 4.02. The highest BCUT2D eigenvalue weighted by Gasteiger charge is 2.49. The average Bonchev–Trinajstić information content (AvgIpc) is 2.76. The van der Waals surface area contributed by atoms with E-state index in [0.717, 1.165) is 11.4 Å². The summed E-state index contributed by atoms with van der Waals surface area (Å²) >= 11 is 0. The third kappa shape index (κ3) is 3.12. The van der Waals surface area contributed by atoms with E-state index in [2.05, 4.69) is 25.9 Å². The third-order valence-electron chi connectivity index (χ3n) is 4.02. The van der Waals surface area contributed by atoms with Crippen LogP contribution < -0.4 is 0 Å². The van der Waals surface area contributed by atoms with Crippen molar-refractivity contribution in [3.63, 3.8) is 0 Å². The predicted octanol–water partition coefficient (Wildman–Crippen LogP) is 3.60. The van der Waals surface area contributed by atoms with E-state index in [1.165, 1.54) is 0 Å². The van der Waals surface area contributed by atoms with Gasteiger partial charge >= 0.3 is 0 Å². The first-order valence-corrected chi connectivity index (χ1v) is 7.49. The van der Waals surface area contributed by atoms with Crippen molar-refractivity contribution in [3.8, 4) is 0 Å². The summed E-state index contributed by atoms with van der Waals surface area (Å²) in [7, 11) is 1.73. The van der Waals surface area contributed by atoms with Crippen molar-refractivity contribution in [3.05, 3.63) is 17.5 Å². The average molecular weight is 299 g/mol. The van der Waals surface area contributed by atoms with E-state index >= 15 is 0 Å². The zero-order chi connectivity index (χ0) is 16.2. The number of rotatable bonds is 1. The Morgan fingerprint density at radius 2 is 1.71 bits per heavy atom. The van der Waals surface area contributed by atoms with Crippen LogP contribution in [0.25, 0.3) is 0 Å². The second kappa shape index (κ2) is 4.77. The van der Waals surface area contributed by atoms with E-state index in [-0.39, 0.29) is 17.4 Å². The SMILES string of the molecule is CN1CC(n2nc(C(C)(C)C)cc2C(C)(C)C)C(F)(F)C1. The lowest BCUT2D eigenvalue weighted by Crippen LogP contribution is -2.33. The zero-order valence-electron chi connectivity index (χ0n) is 14.2. The number of aromatic nitrogens is 2. The van der Waals surface area contributed by atoms with E-state index in [1.807, 2.05) is 26.8 Å². The molecule has 2 heterocycles. The molecule has 1 unspecified atom stereocenters. The van der Waals surface area contributed by atoms with E-state index < -0.39 is 12.0 Å². The van der Waals surface area contributed by atoms with Gasteiger partial charge in [0.2, 0.25) is 0 Å². The summed E-state index contributed by atoms with van der Waals surface area (Å²) in [6.07, 6.45) is 0. The number of likely N-dealkylation sites (tertiary alicyclic amines) is 1. The standard InChI is InChI=1S/C16H27F2N3/c1-14(2,3)11-8-12(15(4,5)6)21(19-11)13-9-20(7)10-16(13,17)18/h8,13H,9-10H2,1-7H3. The fourth-order valence-electron chi connectivity index (χ4n) is 2.77. The molecule has 0 amide bonds. The van der Waals surface area contributed by atoms with Crippen molar-refractivity contribution < 1.29 is 8.78 Å². The number of hydrogen-bond donors (Lipinski definition) is 0. The highest BCUT2D eigenvalue weighted by molar-refractivity contribution is 5.24. The summed E-state index contributed by atoms with van der Waals surface area (Å²) in [5.41, 5.74) is 1.39. The van der Waals surface area contributed by atoms with Crippen molar-refractivity contribution in [1.82, 2.24) is 14.7 Å². The number of alkyl halides is 2. The molecular weight excluding hydrogens is 272 g/mol. The lowest BCUT2D eigenvalue weighted by atomic mass is 9.87. The van der Waals surface area contributed by atoms with Crippen LogP contribution in [0.2, 0.25) is 0 Å². The van der Waals surface area contributed by atoms with Crippen molar-refractivity contribution in [2.45, 2.75) is 64.3 Å². The molecule has 1 atom stereocenters. The van der Waals surface area contributed by atoms with Crippen molar-refractivity contribution in [1.29, 1.82) is 0 Å². The minimum absolute atomic E-state index is 0.148. The topological polar surface area (TPSA) is 21.1 Å². The Morgan fingerprint density at radius 1 is 1.14 bits per heavy atom. The quantitative estimate of drug-likeness (QED) is 0.790. The molecule has 2 rings (SSSR count). The van der Waals surface area contributed by atoms with Gasteiger partial charge < -0.3 is 0 Å². The van der Waals surface area contributed by atoms with Crippen LogP contribution in [0.5, 0.6) is 0 Å². The minimum Gasteiger partial charge on any atom is -0.298 e. The van der Waals surface area contributed by atoms with Crippen LogP contribution in [-0.4, -0.2) is 40.7 Å². The molecule has 21 heavy (non-hydrogen) atoms. The Morgan fingerprint density at radius 3 is 2.10 bits per heavy atom. The number of hydrogen-bond acceptors (Lipinski definition) is 2. The molecule has 1 aliphatic heterocycles. The molecule has 0 aliphatic carbocycles. The molecule has 1 fully saturated rings. The van der Waals surface area contributed by atoms with Crippen LogP contribution in [0.4, 0.5) is 8.78 Å². The van der Waals surface area contributed by atoms with Crippen LogP contribution in [0, 0.1) is 0 Å². The Labute approximate surface area is 126 Å². The molecule has 0 aromatic carbocycles. The van der Waals surface area contributed by atoms with E-state index in [4.69, 9.17) is 0 Å². The number of halogens is 2. The number of likely N-dealkylation sites (N-methyl/N-ethyl adjacent to an activating group) is 1. The maximum absolute atomic E-state index is 14.3. The maximum Gasteiger partial charge on any atom is 0.283 e. The molecule has 0 saturated carbocycles. The molecule has 0 spiro atoms. The maximum atomic E-state index is 14.3. The van der Waals surface area contributed by atoms with E-state index in [1.54, 1.807) is 16.6 Å². The Kier molecular flexibility index (Phi) is 3.72. The predicted molar refractivity (Wildman–Crippen MR) is 81.1 cm³/mol. The van der Waals surface area contributed by atoms with Gasteiger partial charge in [0.15, 0.2) is 0 Å². The van der Waals surface area contributed by atoms with Crippen LogP contribution in [0.15, 0.2) is 6.07 Å². The first-order chi connectivity index (χ1) is 9.32. The first-order valence-electron chi connectivity index (χ1n) is 7.49. The molecule has 0 bridgehead atoms. The lowest BCUT2D eigenvalue weighted by molar-refractivity contribution is -0.0255. The summed E-state index contributed by atoms with van der Waals surface area (Å²) in [6, 6.07) is 1.11. The molecule has 1 aromatic rings. The van der Waals surface area contributed by atoms with E-state index in [0.29, 0.717) is 6.54 Å². The van der Waals surface area contributed by atoms with Gasteiger partial charge in [-0.15, -0.1) is 0 Å². The van der Waals surface area contributed by atoms with Gasteiger partial charge in [0.05, 0.1) is 12.2 Å². The summed E-state index contributed by atoms with van der Waals surface area (Å²) in [4.78, 5) is 1.68. The highest BCUT2D eigenvalue weighted by Crippen LogP contribution is 2.39. The molecule has 1 aliphatic rings. The smallest absolute Gasteiger partial charge is 0.283 e. The van der Waals surface area contributed by atoms with Crippen molar-refractivity contribution in [2.24, 2.45) is 0 Å². The molecule has 0 N–H and O–H groups in total. The normalized spacial score (nSPS) is 23.8. The zero-order valence-corrected chi connectivity index (χ0v) is 14.2. The van der Waals surface area contributed by atoms with Crippen LogP contribution >= 0.6 is 0 Å². The van der Waals surface area contributed by atoms with Gasteiger partial charge in [0.25, 0.3) is 5.92 Å². The van der Waals surface area contributed by atoms with Crippen LogP contribution in [0.3, 0.4) is 0 Å². The Bertz CT molecular complexity index is 521. The van der Waals surface area contributed by atoms with Gasteiger partial charge in [-0.1, -0.05) is 41.5 Å². The van der Waals surface area contributed by atoms with Gasteiger partial charge in [-0.05, 0) is 13.1 Å². The van der Waals surface area contributed by atoms with Gasteiger partial charge in [-0.2, -0.15) is 5.10 Å². The molecular formula is C16H27F2N3. The highest BCUT2D eigenvalue weighted by atomic mass is 19.3.